The molecule has 1 amide bonds. The smallest absolute Gasteiger partial charge is 0.229 e. The number of hydrogen-bond acceptors (Lipinski definition) is 4. The number of thiazole rings is 1. The van der Waals surface area contributed by atoms with Gasteiger partial charge in [-0.2, -0.15) is 0 Å². The van der Waals surface area contributed by atoms with Crippen molar-refractivity contribution in [3.63, 3.8) is 0 Å². The number of amides is 1. The Kier molecular flexibility index (Phi) is 2.70. The van der Waals surface area contributed by atoms with Gasteiger partial charge in [0.15, 0.2) is 10.9 Å². The third kappa shape index (κ3) is 1.97. The fourth-order valence-electron chi connectivity index (χ4n) is 3.41. The minimum absolute atomic E-state index is 0.146. The molecule has 20 heavy (non-hydrogen) atoms. The first-order chi connectivity index (χ1) is 9.77. The fourth-order valence-corrected chi connectivity index (χ4v) is 4.11. The Labute approximate surface area is 121 Å². The normalized spacial score (nSPS) is 23.1. The van der Waals surface area contributed by atoms with E-state index in [9.17, 15) is 4.79 Å². The van der Waals surface area contributed by atoms with E-state index in [0.717, 1.165) is 17.9 Å². The number of hydrogen-bond donors (Lipinski definition) is 1. The van der Waals surface area contributed by atoms with Crippen LogP contribution in [0.25, 0.3) is 11.5 Å². The average molecular weight is 288 g/mol. The van der Waals surface area contributed by atoms with Crippen molar-refractivity contribution in [1.82, 2.24) is 4.98 Å². The highest BCUT2D eigenvalue weighted by Crippen LogP contribution is 2.63. The molecule has 0 aromatic carbocycles. The van der Waals surface area contributed by atoms with E-state index in [1.54, 1.807) is 6.26 Å². The highest BCUT2D eigenvalue weighted by molar-refractivity contribution is 7.14. The van der Waals surface area contributed by atoms with Gasteiger partial charge in [-0.3, -0.25) is 4.79 Å². The summed E-state index contributed by atoms with van der Waals surface area (Å²) in [5.74, 6) is 1.09. The number of furan rings is 1. The zero-order chi connectivity index (χ0) is 13.6. The highest BCUT2D eigenvalue weighted by atomic mass is 32.1. The van der Waals surface area contributed by atoms with Crippen LogP contribution < -0.4 is 5.32 Å². The quantitative estimate of drug-likeness (QED) is 0.931. The second-order valence-corrected chi connectivity index (χ2v) is 6.69. The van der Waals surface area contributed by atoms with Crippen molar-refractivity contribution < 1.29 is 9.21 Å². The van der Waals surface area contributed by atoms with Crippen molar-refractivity contribution >= 4 is 22.4 Å². The van der Waals surface area contributed by atoms with Crippen LogP contribution in [0.3, 0.4) is 0 Å². The molecule has 0 radical (unpaired) electrons. The van der Waals surface area contributed by atoms with Crippen LogP contribution in [0.4, 0.5) is 5.13 Å². The molecule has 2 aromatic heterocycles. The summed E-state index contributed by atoms with van der Waals surface area (Å²) in [6.07, 6.45) is 7.70. The monoisotopic (exact) mass is 288 g/mol. The van der Waals surface area contributed by atoms with Gasteiger partial charge in [0.1, 0.15) is 5.69 Å². The van der Waals surface area contributed by atoms with Crippen LogP contribution in [0.2, 0.25) is 0 Å². The highest BCUT2D eigenvalue weighted by Gasteiger charge is 2.58. The van der Waals surface area contributed by atoms with Gasteiger partial charge >= 0.3 is 0 Å². The average Bonchev–Trinajstić information content (AvgIpc) is 2.93. The molecule has 2 saturated carbocycles. The number of rotatable bonds is 3. The summed E-state index contributed by atoms with van der Waals surface area (Å²) < 4.78 is 5.31. The second-order valence-electron chi connectivity index (χ2n) is 5.83. The third-order valence-corrected chi connectivity index (χ3v) is 5.37. The van der Waals surface area contributed by atoms with Crippen LogP contribution >= 0.6 is 11.3 Å². The minimum atomic E-state index is 0.146. The summed E-state index contributed by atoms with van der Waals surface area (Å²) in [6.45, 7) is 0. The van der Waals surface area contributed by atoms with Crippen LogP contribution in [-0.4, -0.2) is 10.9 Å². The molecular formula is C15H16N2O2S. The number of anilines is 1. The van der Waals surface area contributed by atoms with E-state index in [1.165, 1.54) is 37.0 Å². The lowest BCUT2D eigenvalue weighted by atomic mass is 10.0. The molecule has 104 valence electrons. The lowest BCUT2D eigenvalue weighted by Gasteiger charge is -2.07. The minimum Gasteiger partial charge on any atom is -0.463 e. The van der Waals surface area contributed by atoms with Crippen molar-refractivity contribution in [1.29, 1.82) is 0 Å². The summed E-state index contributed by atoms with van der Waals surface area (Å²) >= 11 is 1.45. The second kappa shape index (κ2) is 4.45. The van der Waals surface area contributed by atoms with Gasteiger partial charge in [-0.1, -0.05) is 12.8 Å². The van der Waals surface area contributed by atoms with E-state index >= 15 is 0 Å². The molecule has 1 N–H and O–H groups in total. The Morgan fingerprint density at radius 3 is 3.05 bits per heavy atom. The van der Waals surface area contributed by atoms with Crippen molar-refractivity contribution in [3.8, 4) is 11.5 Å². The first kappa shape index (κ1) is 12.1. The molecule has 2 aromatic rings. The van der Waals surface area contributed by atoms with Gasteiger partial charge in [0, 0.05) is 11.3 Å². The van der Waals surface area contributed by atoms with Crippen LogP contribution in [0.5, 0.6) is 0 Å². The maximum absolute atomic E-state index is 12.3. The van der Waals surface area contributed by atoms with Gasteiger partial charge < -0.3 is 9.73 Å². The summed E-state index contributed by atoms with van der Waals surface area (Å²) in [6, 6.07) is 3.70. The zero-order valence-corrected chi connectivity index (χ0v) is 11.9. The van der Waals surface area contributed by atoms with E-state index in [0.29, 0.717) is 10.5 Å². The molecule has 4 nitrogen and oxygen atoms in total. The largest absolute Gasteiger partial charge is 0.463 e. The van der Waals surface area contributed by atoms with Gasteiger partial charge in [0.25, 0.3) is 0 Å². The van der Waals surface area contributed by atoms with E-state index in [4.69, 9.17) is 4.42 Å². The summed E-state index contributed by atoms with van der Waals surface area (Å²) in [4.78, 5) is 16.7. The predicted molar refractivity (Wildman–Crippen MR) is 77.5 cm³/mol. The first-order valence-corrected chi connectivity index (χ1v) is 7.95. The Morgan fingerprint density at radius 2 is 2.30 bits per heavy atom. The third-order valence-electron chi connectivity index (χ3n) is 4.61. The summed E-state index contributed by atoms with van der Waals surface area (Å²) in [5.41, 5.74) is 1.12. The Bertz CT molecular complexity index is 626. The Morgan fingerprint density at radius 1 is 1.45 bits per heavy atom. The molecule has 1 spiro atoms. The lowest BCUT2D eigenvalue weighted by molar-refractivity contribution is -0.118. The topological polar surface area (TPSA) is 55.1 Å². The number of carbonyl (C=O) groups excluding carboxylic acids is 1. The van der Waals surface area contributed by atoms with Crippen molar-refractivity contribution in [2.45, 2.75) is 32.1 Å². The molecule has 0 aliphatic heterocycles. The maximum atomic E-state index is 12.3. The van der Waals surface area contributed by atoms with E-state index < -0.39 is 0 Å². The number of nitrogens with one attached hydrogen (secondary N) is 1. The molecule has 1 atom stereocenters. The molecule has 2 heterocycles. The van der Waals surface area contributed by atoms with Crippen molar-refractivity contribution in [2.24, 2.45) is 11.3 Å². The van der Waals surface area contributed by atoms with Crippen LogP contribution in [0.15, 0.2) is 28.2 Å². The molecular weight excluding hydrogens is 272 g/mol. The summed E-state index contributed by atoms with van der Waals surface area (Å²) in [7, 11) is 0. The summed E-state index contributed by atoms with van der Waals surface area (Å²) in [5, 5.41) is 5.54. The number of nitrogens with zero attached hydrogens (tertiary/aromatic N) is 1. The van der Waals surface area contributed by atoms with E-state index in [1.807, 2.05) is 17.5 Å². The fraction of sp³-hybridized carbons (Fsp3) is 0.467. The van der Waals surface area contributed by atoms with Gasteiger partial charge in [0.05, 0.1) is 6.26 Å². The number of aromatic nitrogens is 1. The molecule has 5 heteroatoms. The SMILES string of the molecule is O=C(Nc1nc(-c2ccco2)cs1)C1CC12CCCC2. The van der Waals surface area contributed by atoms with Crippen molar-refractivity contribution in [2.75, 3.05) is 5.32 Å². The molecule has 1 unspecified atom stereocenters. The van der Waals surface area contributed by atoms with Crippen LogP contribution in [0, 0.1) is 11.3 Å². The van der Waals surface area contributed by atoms with Crippen molar-refractivity contribution in [3.05, 3.63) is 23.8 Å². The van der Waals surface area contributed by atoms with Crippen LogP contribution in [0.1, 0.15) is 32.1 Å². The molecule has 2 aliphatic carbocycles. The molecule has 0 bridgehead atoms. The van der Waals surface area contributed by atoms with Gasteiger partial charge in [-0.15, -0.1) is 11.3 Å². The Balaban J connectivity index is 1.44. The number of carbonyl (C=O) groups is 1. The van der Waals surface area contributed by atoms with Crippen LogP contribution in [-0.2, 0) is 4.79 Å². The van der Waals surface area contributed by atoms with E-state index in [2.05, 4.69) is 10.3 Å². The standard InChI is InChI=1S/C15H16N2O2S/c18-13(10-8-15(10)5-1-2-6-15)17-14-16-11(9-20-14)12-4-3-7-19-12/h3-4,7,9-10H,1-2,5-6,8H2,(H,16,17,18). The molecule has 2 fully saturated rings. The van der Waals surface area contributed by atoms with Gasteiger partial charge in [-0.05, 0) is 36.8 Å². The molecule has 0 saturated heterocycles. The predicted octanol–water partition coefficient (Wildman–Crippen LogP) is 3.92. The van der Waals surface area contributed by atoms with Gasteiger partial charge in [0.2, 0.25) is 5.91 Å². The molecule has 4 rings (SSSR count). The first-order valence-electron chi connectivity index (χ1n) is 7.07. The zero-order valence-electron chi connectivity index (χ0n) is 11.1. The maximum Gasteiger partial charge on any atom is 0.229 e. The van der Waals surface area contributed by atoms with Gasteiger partial charge in [-0.25, -0.2) is 4.98 Å². The molecule has 2 aliphatic rings. The Hall–Kier alpha value is -1.62. The van der Waals surface area contributed by atoms with E-state index in [-0.39, 0.29) is 11.8 Å². The lowest BCUT2D eigenvalue weighted by Crippen LogP contribution is -2.17.